The fourth-order valence-electron chi connectivity index (χ4n) is 2.22. The fourth-order valence-corrected chi connectivity index (χ4v) is 2.22. The first-order valence-corrected chi connectivity index (χ1v) is 5.46. The molecule has 0 fully saturated rings. The molecule has 0 amide bonds. The van der Waals surface area contributed by atoms with Crippen LogP contribution in [0.15, 0.2) is 18.2 Å². The molecule has 0 unspecified atom stereocenters. The Kier molecular flexibility index (Phi) is 2.71. The molecular weight excluding hydrogens is 212 g/mol. The molecule has 1 heterocycles. The number of aryl methyl sites for hydroxylation is 3. The van der Waals surface area contributed by atoms with Crippen LogP contribution in [-0.2, 0) is 0 Å². The number of benzene rings is 1. The van der Waals surface area contributed by atoms with E-state index in [4.69, 9.17) is 11.5 Å². The fraction of sp³-hybridized carbons (Fsp3) is 0.231. The summed E-state index contributed by atoms with van der Waals surface area (Å²) in [4.78, 5) is 0. The molecule has 0 saturated carbocycles. The number of hydrogen-bond acceptors (Lipinski definition) is 4. The van der Waals surface area contributed by atoms with Crippen LogP contribution in [0.1, 0.15) is 16.7 Å². The minimum atomic E-state index is 0.383. The van der Waals surface area contributed by atoms with Crippen LogP contribution >= 0.6 is 0 Å². The normalized spacial score (nSPS) is 10.5. The highest BCUT2D eigenvalue weighted by molar-refractivity contribution is 5.80. The molecule has 2 aromatic rings. The molecule has 4 nitrogen and oxygen atoms in total. The van der Waals surface area contributed by atoms with Crippen molar-refractivity contribution in [2.45, 2.75) is 20.8 Å². The topological polar surface area (TPSA) is 77.8 Å². The number of rotatable bonds is 1. The largest absolute Gasteiger partial charge is 0.382 e. The van der Waals surface area contributed by atoms with Crippen molar-refractivity contribution in [1.82, 2.24) is 10.2 Å². The molecule has 0 saturated heterocycles. The van der Waals surface area contributed by atoms with E-state index in [-0.39, 0.29) is 0 Å². The van der Waals surface area contributed by atoms with Crippen molar-refractivity contribution < 1.29 is 0 Å². The molecule has 4 N–H and O–H groups in total. The maximum absolute atomic E-state index is 5.87. The van der Waals surface area contributed by atoms with Crippen LogP contribution in [0, 0.1) is 20.8 Å². The minimum Gasteiger partial charge on any atom is -0.382 e. The van der Waals surface area contributed by atoms with Gasteiger partial charge < -0.3 is 11.5 Å². The van der Waals surface area contributed by atoms with Gasteiger partial charge in [0.05, 0.1) is 0 Å². The Morgan fingerprint density at radius 2 is 1.47 bits per heavy atom. The van der Waals surface area contributed by atoms with Gasteiger partial charge in [-0.2, -0.15) is 0 Å². The lowest BCUT2D eigenvalue weighted by atomic mass is 9.94. The molecule has 0 aliphatic heterocycles. The number of anilines is 2. The highest BCUT2D eigenvalue weighted by Crippen LogP contribution is 2.31. The van der Waals surface area contributed by atoms with Crippen molar-refractivity contribution in [3.05, 3.63) is 34.9 Å². The van der Waals surface area contributed by atoms with Gasteiger partial charge in [-0.15, -0.1) is 10.2 Å². The second-order valence-electron chi connectivity index (χ2n) is 4.34. The number of nitrogens with two attached hydrogens (primary N) is 2. The van der Waals surface area contributed by atoms with E-state index in [1.54, 1.807) is 6.07 Å². The Hall–Kier alpha value is -2.10. The van der Waals surface area contributed by atoms with Crippen molar-refractivity contribution >= 4 is 11.6 Å². The number of nitrogens with zero attached hydrogens (tertiary/aromatic N) is 2. The SMILES string of the molecule is Cc1cc(C)c(-c2cc(N)nnc2N)c(C)c1. The second-order valence-corrected chi connectivity index (χ2v) is 4.34. The van der Waals surface area contributed by atoms with E-state index >= 15 is 0 Å². The molecule has 0 atom stereocenters. The van der Waals surface area contributed by atoms with Crippen LogP contribution in [0.3, 0.4) is 0 Å². The van der Waals surface area contributed by atoms with E-state index in [0.29, 0.717) is 11.6 Å². The Bertz CT molecular complexity index is 553. The zero-order chi connectivity index (χ0) is 12.6. The third kappa shape index (κ3) is 2.06. The third-order valence-corrected chi connectivity index (χ3v) is 2.79. The average molecular weight is 228 g/mol. The summed E-state index contributed by atoms with van der Waals surface area (Å²) in [6, 6.07) is 6.02. The molecule has 4 heteroatoms. The molecule has 1 aromatic carbocycles. The van der Waals surface area contributed by atoms with Crippen LogP contribution in [0.2, 0.25) is 0 Å². The maximum atomic E-state index is 5.87. The zero-order valence-corrected chi connectivity index (χ0v) is 10.3. The van der Waals surface area contributed by atoms with Gasteiger partial charge >= 0.3 is 0 Å². The van der Waals surface area contributed by atoms with Gasteiger partial charge in [-0.1, -0.05) is 17.7 Å². The first-order chi connectivity index (χ1) is 7.99. The average Bonchev–Trinajstić information content (AvgIpc) is 2.21. The molecule has 0 aliphatic rings. The molecular formula is C13H16N4. The van der Waals surface area contributed by atoms with E-state index in [1.165, 1.54) is 16.7 Å². The summed E-state index contributed by atoms with van der Waals surface area (Å²) in [5.41, 5.74) is 17.1. The zero-order valence-electron chi connectivity index (χ0n) is 10.3. The van der Waals surface area contributed by atoms with Crippen LogP contribution < -0.4 is 11.5 Å². The predicted octanol–water partition coefficient (Wildman–Crippen LogP) is 2.23. The van der Waals surface area contributed by atoms with Crippen molar-refractivity contribution in [3.63, 3.8) is 0 Å². The van der Waals surface area contributed by atoms with Gasteiger partial charge in [-0.3, -0.25) is 0 Å². The summed E-state index contributed by atoms with van der Waals surface area (Å²) in [5.74, 6) is 0.794. The summed E-state index contributed by atoms with van der Waals surface area (Å²) in [6.07, 6.45) is 0. The van der Waals surface area contributed by atoms with E-state index in [9.17, 15) is 0 Å². The standard InChI is InChI=1S/C13H16N4/c1-7-4-8(2)12(9(3)5-7)10-6-11(14)16-17-13(10)15/h4-6H,1-3H3,(H2,14,16)(H2,15,17). The molecule has 1 aromatic heterocycles. The van der Waals surface area contributed by atoms with Gasteiger partial charge in [0.1, 0.15) is 5.82 Å². The summed E-state index contributed by atoms with van der Waals surface area (Å²) in [6.45, 7) is 6.20. The summed E-state index contributed by atoms with van der Waals surface area (Å²) < 4.78 is 0. The van der Waals surface area contributed by atoms with Gasteiger partial charge in [-0.25, -0.2) is 0 Å². The molecule has 0 spiro atoms. The number of nitrogen functional groups attached to an aromatic ring is 2. The highest BCUT2D eigenvalue weighted by atomic mass is 15.2. The van der Waals surface area contributed by atoms with E-state index in [2.05, 4.69) is 43.1 Å². The second kappa shape index (κ2) is 4.05. The van der Waals surface area contributed by atoms with Crippen LogP contribution in [0.4, 0.5) is 11.6 Å². The highest BCUT2D eigenvalue weighted by Gasteiger charge is 2.11. The summed E-state index contributed by atoms with van der Waals surface area (Å²) >= 11 is 0. The summed E-state index contributed by atoms with van der Waals surface area (Å²) in [7, 11) is 0. The van der Waals surface area contributed by atoms with Gasteiger partial charge in [0.25, 0.3) is 0 Å². The first-order valence-electron chi connectivity index (χ1n) is 5.46. The lowest BCUT2D eigenvalue weighted by Crippen LogP contribution is -2.02. The Morgan fingerprint density at radius 1 is 0.882 bits per heavy atom. The maximum Gasteiger partial charge on any atom is 0.154 e. The Labute approximate surface area is 101 Å². The van der Waals surface area contributed by atoms with Crippen LogP contribution in [0.5, 0.6) is 0 Å². The lowest BCUT2D eigenvalue weighted by molar-refractivity contribution is 1.05. The molecule has 17 heavy (non-hydrogen) atoms. The molecule has 0 bridgehead atoms. The van der Waals surface area contributed by atoms with Crippen molar-refractivity contribution in [2.24, 2.45) is 0 Å². The smallest absolute Gasteiger partial charge is 0.154 e. The molecule has 0 radical (unpaired) electrons. The number of hydrogen-bond donors (Lipinski definition) is 2. The van der Waals surface area contributed by atoms with Crippen molar-refractivity contribution in [3.8, 4) is 11.1 Å². The number of aromatic nitrogens is 2. The van der Waals surface area contributed by atoms with E-state index in [1.807, 2.05) is 0 Å². The van der Waals surface area contributed by atoms with Gasteiger partial charge in [0.15, 0.2) is 5.82 Å². The van der Waals surface area contributed by atoms with Crippen LogP contribution in [-0.4, -0.2) is 10.2 Å². The molecule has 88 valence electrons. The van der Waals surface area contributed by atoms with Gasteiger partial charge in [0.2, 0.25) is 0 Å². The lowest BCUT2D eigenvalue weighted by Gasteiger charge is -2.13. The van der Waals surface area contributed by atoms with Crippen molar-refractivity contribution in [2.75, 3.05) is 11.5 Å². The molecule has 2 rings (SSSR count). The van der Waals surface area contributed by atoms with E-state index in [0.717, 1.165) is 11.1 Å². The molecule has 0 aliphatic carbocycles. The van der Waals surface area contributed by atoms with Gasteiger partial charge in [0, 0.05) is 5.56 Å². The monoisotopic (exact) mass is 228 g/mol. The minimum absolute atomic E-state index is 0.383. The first kappa shape index (κ1) is 11.4. The van der Waals surface area contributed by atoms with E-state index < -0.39 is 0 Å². The Balaban J connectivity index is 2.72. The predicted molar refractivity (Wildman–Crippen MR) is 70.5 cm³/mol. The van der Waals surface area contributed by atoms with Crippen LogP contribution in [0.25, 0.3) is 11.1 Å². The van der Waals surface area contributed by atoms with Gasteiger partial charge in [-0.05, 0) is 43.5 Å². The quantitative estimate of drug-likeness (QED) is 0.784. The van der Waals surface area contributed by atoms with Crippen molar-refractivity contribution in [1.29, 1.82) is 0 Å². The Morgan fingerprint density at radius 3 is 2.06 bits per heavy atom. The summed E-state index contributed by atoms with van der Waals surface area (Å²) in [5, 5.41) is 7.61. The third-order valence-electron chi connectivity index (χ3n) is 2.79.